The first-order chi connectivity index (χ1) is 47.5. The van der Waals surface area contributed by atoms with E-state index in [0.717, 1.165) is 16.0 Å². The molecule has 4 rings (SSSR count). The highest BCUT2D eigenvalue weighted by molar-refractivity contribution is 6.12. The van der Waals surface area contributed by atoms with E-state index in [1.54, 1.807) is 49.8 Å². The van der Waals surface area contributed by atoms with E-state index in [1.807, 2.05) is 96.0 Å². The zero-order valence-electron chi connectivity index (χ0n) is 60.8. The third-order valence-corrected chi connectivity index (χ3v) is 18.2. The number of urea groups is 1. The van der Waals surface area contributed by atoms with Gasteiger partial charge in [0, 0.05) is 78.1 Å². The number of ether oxygens (including phenoxy) is 3. The van der Waals surface area contributed by atoms with E-state index in [1.165, 1.54) is 33.5 Å². The summed E-state index contributed by atoms with van der Waals surface area (Å²) in [5.74, 6) is -8.57. The van der Waals surface area contributed by atoms with Crippen LogP contribution in [0.4, 0.5) is 23.7 Å². The molecule has 564 valence electrons. The number of amides is 11. The maximum Gasteiger partial charge on any atom is 0.490 e. The number of methoxy groups -OCH3 is 3. The molecule has 101 heavy (non-hydrogen) atoms. The second-order valence-electron chi connectivity index (χ2n) is 26.8. The van der Waals surface area contributed by atoms with E-state index >= 15 is 0 Å². The summed E-state index contributed by atoms with van der Waals surface area (Å²) in [6.07, 6.45) is 0.553. The lowest BCUT2D eigenvalue weighted by Gasteiger charge is -2.41. The van der Waals surface area contributed by atoms with Gasteiger partial charge in [0.15, 0.2) is 0 Å². The van der Waals surface area contributed by atoms with Crippen molar-refractivity contribution in [3.05, 3.63) is 77.9 Å². The van der Waals surface area contributed by atoms with E-state index in [2.05, 4.69) is 31.9 Å². The van der Waals surface area contributed by atoms with Crippen LogP contribution in [-0.4, -0.2) is 218 Å². The second-order valence-corrected chi connectivity index (χ2v) is 26.8. The summed E-state index contributed by atoms with van der Waals surface area (Å²) in [5, 5.41) is 24.1. The molecular weight excluding hydrogens is 1320 g/mol. The van der Waals surface area contributed by atoms with Gasteiger partial charge in [0.2, 0.25) is 41.4 Å². The highest BCUT2D eigenvalue weighted by Gasteiger charge is 2.44. The lowest BCUT2D eigenvalue weighted by Crippen LogP contribution is -2.60. The molecule has 11 atom stereocenters. The number of carboxylic acids is 1. The van der Waals surface area contributed by atoms with Gasteiger partial charge >= 0.3 is 24.1 Å². The summed E-state index contributed by atoms with van der Waals surface area (Å²) in [7, 11) is 7.84. The number of likely N-dealkylation sites (N-methyl/N-ethyl adjacent to an activating group) is 2. The van der Waals surface area contributed by atoms with Gasteiger partial charge in [0.1, 0.15) is 24.2 Å². The van der Waals surface area contributed by atoms with Gasteiger partial charge in [-0.25, -0.2) is 14.4 Å². The number of carboxylic acid groups (broad SMARTS) is 1. The zero-order chi connectivity index (χ0) is 76.0. The van der Waals surface area contributed by atoms with Gasteiger partial charge in [0.05, 0.1) is 49.8 Å². The van der Waals surface area contributed by atoms with Gasteiger partial charge < -0.3 is 66.8 Å². The number of alkyl halides is 3. The van der Waals surface area contributed by atoms with Crippen LogP contribution in [0.15, 0.2) is 66.7 Å². The van der Waals surface area contributed by atoms with E-state index in [0.29, 0.717) is 70.1 Å². The summed E-state index contributed by atoms with van der Waals surface area (Å²) in [6.45, 7) is 18.2. The molecule has 2 aliphatic heterocycles. The van der Waals surface area contributed by atoms with Crippen molar-refractivity contribution in [3.8, 4) is 0 Å². The number of esters is 1. The maximum absolute atomic E-state index is 14.9. The first kappa shape index (κ1) is 86.7. The van der Waals surface area contributed by atoms with Crippen molar-refractivity contribution >= 4 is 76.8 Å². The minimum absolute atomic E-state index is 0.0729. The minimum Gasteiger partial charge on any atom is -0.475 e. The maximum atomic E-state index is 14.9. The standard InChI is InChI=1S/C69H107N11O14.C2HF3O2/c1-15-45(8)61(53(92-12)41-57(84)79-38-23-27-52(79)62(93-13)46(9)63(85)74-51(68(90)94-14)40-48-24-18-16-19-25-48)78(11)67(89)59(43(4)5)76-66(88)60(44(6)7)77(10)39-35-47-29-31-49(32-30-47)72-64(86)50(26-22-36-71-69(70)91)73-65(87)58(42(2)3)75-54(81)28-20-17-21-37-80-55(82)33-34-56(80)83;3-2(4,5)1(6)7/h16,18-19,24-25,29-34,42-46,50-53,58-62H,15,17,20-23,26-28,35-41H2,1-14H3,(H,72,86)(H,73,87)(H,74,85)(H,75,81)(H,76,88)(H3,70,71,91);(H,6,7)/t45-,46+,50-,51-,52-,53+,58-,59-,60-,61-,62+;/m0./s1. The number of anilines is 1. The van der Waals surface area contributed by atoms with Gasteiger partial charge in [-0.1, -0.05) is 118 Å². The van der Waals surface area contributed by atoms with Crippen LogP contribution >= 0.6 is 0 Å². The summed E-state index contributed by atoms with van der Waals surface area (Å²) < 4.78 is 48.9. The number of hydrogen-bond donors (Lipinski definition) is 8. The Kier molecular flexibility index (Phi) is 36.6. The number of carbonyl (C=O) groups excluding carboxylic acids is 11. The van der Waals surface area contributed by atoms with E-state index < -0.39 is 102 Å². The zero-order valence-corrected chi connectivity index (χ0v) is 60.8. The highest BCUT2D eigenvalue weighted by Crippen LogP contribution is 2.30. The van der Waals surface area contributed by atoms with Crippen molar-refractivity contribution in [2.24, 2.45) is 35.3 Å². The fourth-order valence-electron chi connectivity index (χ4n) is 12.4. The summed E-state index contributed by atoms with van der Waals surface area (Å²) in [4.78, 5) is 162. The third-order valence-electron chi connectivity index (χ3n) is 18.2. The number of carbonyl (C=O) groups is 12. The number of nitrogens with two attached hydrogens (primary N) is 1. The Bertz CT molecular complexity index is 3080. The summed E-state index contributed by atoms with van der Waals surface area (Å²) in [5.41, 5.74) is 7.46. The highest BCUT2D eigenvalue weighted by atomic mass is 19.4. The number of likely N-dealkylation sites (tertiary alicyclic amines) is 1. The number of nitrogens with zero attached hydrogens (tertiary/aromatic N) is 4. The van der Waals surface area contributed by atoms with Crippen LogP contribution in [0.25, 0.3) is 0 Å². The first-order valence-electron chi connectivity index (χ1n) is 34.4. The van der Waals surface area contributed by atoms with Crippen LogP contribution in [0.2, 0.25) is 0 Å². The van der Waals surface area contributed by atoms with Crippen LogP contribution in [0.1, 0.15) is 138 Å². The molecule has 0 unspecified atom stereocenters. The average Bonchev–Trinajstić information content (AvgIpc) is 1.80. The van der Waals surface area contributed by atoms with Crippen LogP contribution < -0.4 is 37.6 Å². The Morgan fingerprint density at radius 3 is 1.85 bits per heavy atom. The average molecular weight is 1430 g/mol. The smallest absolute Gasteiger partial charge is 0.475 e. The molecule has 2 aliphatic rings. The molecule has 9 N–H and O–H groups in total. The van der Waals surface area contributed by atoms with Gasteiger partial charge in [0.25, 0.3) is 11.8 Å². The number of hydrogen-bond acceptors (Lipinski definition) is 16. The number of nitrogens with one attached hydrogen (secondary N) is 6. The van der Waals surface area contributed by atoms with E-state index in [-0.39, 0.29) is 97.9 Å². The van der Waals surface area contributed by atoms with Crippen molar-refractivity contribution in [1.29, 1.82) is 0 Å². The first-order valence-corrected chi connectivity index (χ1v) is 34.4. The number of benzene rings is 2. The monoisotopic (exact) mass is 1430 g/mol. The SMILES string of the molecule is CC[C@H](C)[C@@H]([C@@H](CC(=O)N1CCC[C@H]1[C@H](OC)[C@@H](C)C(=O)N[C@@H](Cc1ccccc1)C(=O)OC)OC)N(C)C(=O)[C@@H](NC(=O)[C@H](C(C)C)N(C)CCc1ccc(NC(=O)[C@H](CCCNC(N)=O)NC(=O)[C@@H](NC(=O)CCCCCN2C(=O)C=CC2=O)C(C)C)cc1)C(C)C.O=C(O)C(F)(F)F. The lowest BCUT2D eigenvalue weighted by atomic mass is 9.89. The Hall–Kier alpha value is -8.51. The number of imide groups is 1. The quantitative estimate of drug-likeness (QED) is 0.0239. The second kappa shape index (κ2) is 42.7. The van der Waals surface area contributed by atoms with Crippen LogP contribution in [-0.2, 0) is 79.8 Å². The van der Waals surface area contributed by atoms with Crippen molar-refractivity contribution in [2.45, 2.75) is 200 Å². The van der Waals surface area contributed by atoms with Crippen molar-refractivity contribution in [3.63, 3.8) is 0 Å². The van der Waals surface area contributed by atoms with Crippen LogP contribution in [0.5, 0.6) is 0 Å². The molecule has 11 amide bonds. The predicted molar refractivity (Wildman–Crippen MR) is 371 cm³/mol. The minimum atomic E-state index is -5.08. The number of rotatable bonds is 40. The summed E-state index contributed by atoms with van der Waals surface area (Å²) in [6, 6.07) is 10.1. The Morgan fingerprint density at radius 2 is 1.32 bits per heavy atom. The molecule has 27 nitrogen and oxygen atoms in total. The van der Waals surface area contributed by atoms with Gasteiger partial charge in [-0.05, 0) is 98.9 Å². The molecule has 0 saturated carbocycles. The molecule has 0 spiro atoms. The normalized spacial score (nSPS) is 16.7. The molecule has 2 aromatic rings. The molecule has 0 radical (unpaired) electrons. The largest absolute Gasteiger partial charge is 0.490 e. The molecule has 2 aromatic carbocycles. The molecule has 0 aliphatic carbocycles. The molecule has 0 aromatic heterocycles. The van der Waals surface area contributed by atoms with E-state index in [4.69, 9.17) is 29.8 Å². The van der Waals surface area contributed by atoms with Crippen molar-refractivity contribution < 1.29 is 90.0 Å². The predicted octanol–water partition coefficient (Wildman–Crippen LogP) is 5.28. The third kappa shape index (κ3) is 27.8. The molecule has 1 saturated heterocycles. The lowest BCUT2D eigenvalue weighted by molar-refractivity contribution is -0.192. The van der Waals surface area contributed by atoms with Crippen LogP contribution in [0.3, 0.4) is 0 Å². The molecule has 30 heteroatoms. The van der Waals surface area contributed by atoms with Crippen molar-refractivity contribution in [2.75, 3.05) is 66.9 Å². The summed E-state index contributed by atoms with van der Waals surface area (Å²) >= 11 is 0. The molecule has 2 heterocycles. The van der Waals surface area contributed by atoms with Gasteiger partial charge in [-0.3, -0.25) is 53.0 Å². The number of halogens is 3. The number of aliphatic carboxylic acids is 1. The molecular formula is C71H108F3N11O16. The van der Waals surface area contributed by atoms with Gasteiger partial charge in [-0.15, -0.1) is 0 Å². The topological polar surface area (TPSA) is 364 Å². The fraction of sp³-hybridized carbons (Fsp3) is 0.634. The van der Waals surface area contributed by atoms with Crippen LogP contribution in [0, 0.1) is 29.6 Å². The number of unbranched alkanes of at least 4 members (excludes halogenated alkanes) is 2. The number of primary amides is 1. The Morgan fingerprint density at radius 1 is 0.713 bits per heavy atom. The Balaban J connectivity index is 0.00000358. The van der Waals surface area contributed by atoms with Crippen molar-refractivity contribution in [1.82, 2.24) is 46.2 Å². The Labute approximate surface area is 591 Å². The van der Waals surface area contributed by atoms with E-state index in [9.17, 15) is 65.9 Å². The fourth-order valence-corrected chi connectivity index (χ4v) is 12.4. The molecule has 1 fully saturated rings. The molecule has 0 bridgehead atoms. The van der Waals surface area contributed by atoms with Gasteiger partial charge in [-0.2, -0.15) is 13.2 Å².